The van der Waals surface area contributed by atoms with Crippen LogP contribution in [0.2, 0.25) is 10.0 Å². The average Bonchev–Trinajstić information content (AvgIpc) is 2.03. The van der Waals surface area contributed by atoms with Crippen LogP contribution in [0, 0.1) is 0 Å². The molecule has 1 aromatic carbocycles. The van der Waals surface area contributed by atoms with Crippen molar-refractivity contribution in [1.82, 2.24) is 0 Å². The van der Waals surface area contributed by atoms with E-state index in [1.165, 1.54) is 4.90 Å². The molecule has 0 aliphatic carbocycles. The van der Waals surface area contributed by atoms with Crippen molar-refractivity contribution in [3.8, 4) is 0 Å². The maximum Gasteiger partial charge on any atom is 0.282 e. The van der Waals surface area contributed by atoms with E-state index in [4.69, 9.17) is 23.2 Å². The number of anilines is 1. The van der Waals surface area contributed by atoms with Gasteiger partial charge >= 0.3 is 0 Å². The van der Waals surface area contributed by atoms with Crippen LogP contribution in [0.3, 0.4) is 0 Å². The number of carbonyl (C=O) groups excluding carboxylic acids is 1. The van der Waals surface area contributed by atoms with Crippen LogP contribution in [-0.4, -0.2) is 12.3 Å². The van der Waals surface area contributed by atoms with Gasteiger partial charge in [-0.15, -0.1) is 0 Å². The zero-order chi connectivity index (χ0) is 10.0. The maximum atomic E-state index is 10.9. The molecule has 1 rings (SSSR count). The summed E-state index contributed by atoms with van der Waals surface area (Å²) in [5.41, 5.74) is 0.589. The summed E-state index contributed by atoms with van der Waals surface area (Å²) >= 11 is 15.2. The van der Waals surface area contributed by atoms with E-state index in [0.717, 1.165) is 0 Å². The minimum absolute atomic E-state index is 0.371. The molecule has 0 heterocycles. The molecule has 0 saturated heterocycles. The van der Waals surface area contributed by atoms with E-state index in [-0.39, 0.29) is 5.24 Å². The number of nitrogens with zero attached hydrogens (tertiary/aromatic N) is 1. The van der Waals surface area contributed by atoms with Crippen LogP contribution in [0.4, 0.5) is 10.5 Å². The van der Waals surface area contributed by atoms with Gasteiger partial charge in [-0.1, -0.05) is 35.8 Å². The number of thiol groups is 1. The summed E-state index contributed by atoms with van der Waals surface area (Å²) in [6.07, 6.45) is 0. The highest BCUT2D eigenvalue weighted by atomic mass is 35.5. The van der Waals surface area contributed by atoms with Gasteiger partial charge in [-0.05, 0) is 18.2 Å². The van der Waals surface area contributed by atoms with Crippen LogP contribution in [0.5, 0.6) is 0 Å². The van der Waals surface area contributed by atoms with Crippen molar-refractivity contribution in [1.29, 1.82) is 0 Å². The second kappa shape index (κ2) is 4.22. The lowest BCUT2D eigenvalue weighted by Crippen LogP contribution is -2.19. The summed E-state index contributed by atoms with van der Waals surface area (Å²) < 4.78 is 0. The van der Waals surface area contributed by atoms with Crippen LogP contribution in [0.1, 0.15) is 0 Å². The Morgan fingerprint density at radius 1 is 1.46 bits per heavy atom. The Morgan fingerprint density at radius 3 is 2.54 bits per heavy atom. The first-order valence-electron chi connectivity index (χ1n) is 3.44. The highest BCUT2D eigenvalue weighted by Crippen LogP contribution is 2.28. The van der Waals surface area contributed by atoms with Crippen LogP contribution in [-0.2, 0) is 0 Å². The summed E-state index contributed by atoms with van der Waals surface area (Å²) in [7, 11) is 1.59. The molecule has 0 spiro atoms. The van der Waals surface area contributed by atoms with Crippen molar-refractivity contribution in [2.24, 2.45) is 0 Å². The van der Waals surface area contributed by atoms with E-state index in [1.54, 1.807) is 25.2 Å². The molecule has 0 aromatic heterocycles. The molecule has 0 unspecified atom stereocenters. The molecule has 13 heavy (non-hydrogen) atoms. The molecule has 70 valence electrons. The molecule has 5 heteroatoms. The lowest BCUT2D eigenvalue weighted by Gasteiger charge is -2.15. The lowest BCUT2D eigenvalue weighted by atomic mass is 10.3. The van der Waals surface area contributed by atoms with E-state index in [0.29, 0.717) is 15.7 Å². The fourth-order valence-corrected chi connectivity index (χ4v) is 1.50. The van der Waals surface area contributed by atoms with Gasteiger partial charge in [0.2, 0.25) is 0 Å². The first-order chi connectivity index (χ1) is 6.02. The topological polar surface area (TPSA) is 20.3 Å². The molecular weight excluding hydrogens is 229 g/mol. The number of amides is 1. The second-order valence-electron chi connectivity index (χ2n) is 2.44. The van der Waals surface area contributed by atoms with Crippen molar-refractivity contribution in [3.63, 3.8) is 0 Å². The van der Waals surface area contributed by atoms with Gasteiger partial charge in [0.1, 0.15) is 0 Å². The smallest absolute Gasteiger partial charge is 0.282 e. The van der Waals surface area contributed by atoms with E-state index >= 15 is 0 Å². The highest BCUT2D eigenvalue weighted by molar-refractivity contribution is 7.96. The number of benzene rings is 1. The van der Waals surface area contributed by atoms with Gasteiger partial charge in [0.05, 0.1) is 10.7 Å². The minimum Gasteiger partial charge on any atom is -0.305 e. The van der Waals surface area contributed by atoms with Crippen molar-refractivity contribution < 1.29 is 4.79 Å². The molecule has 0 radical (unpaired) electrons. The summed E-state index contributed by atoms with van der Waals surface area (Å²) in [6, 6.07) is 4.90. The Balaban J connectivity index is 3.08. The summed E-state index contributed by atoms with van der Waals surface area (Å²) in [6.45, 7) is 0. The summed E-state index contributed by atoms with van der Waals surface area (Å²) in [5, 5.41) is 0.593. The molecule has 0 fully saturated rings. The highest BCUT2D eigenvalue weighted by Gasteiger charge is 2.10. The largest absolute Gasteiger partial charge is 0.305 e. The first-order valence-corrected chi connectivity index (χ1v) is 4.64. The van der Waals surface area contributed by atoms with Crippen molar-refractivity contribution in [2.45, 2.75) is 0 Å². The molecule has 0 N–H and O–H groups in total. The normalized spacial score (nSPS) is 9.85. The third-order valence-corrected chi connectivity index (χ3v) is 2.40. The average molecular weight is 236 g/mol. The number of halogens is 2. The number of carbonyl (C=O) groups is 1. The molecule has 0 aliphatic heterocycles. The standard InChI is InChI=1S/C8H7Cl2NOS/c1-11(8(12)13)7-3-2-5(9)4-6(7)10/h2-4H,1H3,(H,12,13). The zero-order valence-corrected chi connectivity index (χ0v) is 9.20. The fourth-order valence-electron chi connectivity index (χ4n) is 0.856. The van der Waals surface area contributed by atoms with Gasteiger partial charge in [-0.3, -0.25) is 4.79 Å². The van der Waals surface area contributed by atoms with Gasteiger partial charge in [-0.2, -0.15) is 0 Å². The maximum absolute atomic E-state index is 10.9. The Hall–Kier alpha value is -0.380. The SMILES string of the molecule is CN(C(=O)S)c1ccc(Cl)cc1Cl. The summed E-state index contributed by atoms with van der Waals surface area (Å²) in [5.74, 6) is 0. The van der Waals surface area contributed by atoms with Crippen molar-refractivity contribution in [3.05, 3.63) is 28.2 Å². The minimum atomic E-state index is -0.371. The molecule has 1 aromatic rings. The fraction of sp³-hybridized carbons (Fsp3) is 0.125. The molecule has 0 atom stereocenters. The van der Waals surface area contributed by atoms with E-state index in [2.05, 4.69) is 12.6 Å². The predicted molar refractivity (Wildman–Crippen MR) is 59.2 cm³/mol. The van der Waals surface area contributed by atoms with E-state index < -0.39 is 0 Å². The van der Waals surface area contributed by atoms with E-state index in [9.17, 15) is 4.79 Å². The third-order valence-electron chi connectivity index (χ3n) is 1.56. The monoisotopic (exact) mass is 235 g/mol. The quantitative estimate of drug-likeness (QED) is 0.740. The Kier molecular flexibility index (Phi) is 3.47. The molecular formula is C8H7Cl2NOS. The summed E-state index contributed by atoms with van der Waals surface area (Å²) in [4.78, 5) is 12.2. The Labute approximate surface area is 91.8 Å². The molecule has 0 aliphatic rings. The van der Waals surface area contributed by atoms with Crippen LogP contribution >= 0.6 is 35.8 Å². The van der Waals surface area contributed by atoms with Gasteiger partial charge in [0.15, 0.2) is 0 Å². The van der Waals surface area contributed by atoms with Crippen LogP contribution in [0.15, 0.2) is 18.2 Å². The molecule has 0 bridgehead atoms. The van der Waals surface area contributed by atoms with E-state index in [1.807, 2.05) is 0 Å². The number of rotatable bonds is 1. The van der Waals surface area contributed by atoms with Gasteiger partial charge in [-0.25, -0.2) is 0 Å². The first kappa shape index (κ1) is 10.7. The second-order valence-corrected chi connectivity index (χ2v) is 3.66. The Bertz CT molecular complexity index is 343. The molecule has 2 nitrogen and oxygen atoms in total. The lowest BCUT2D eigenvalue weighted by molar-refractivity contribution is 0.266. The molecule has 0 saturated carbocycles. The predicted octanol–water partition coefficient (Wildman–Crippen LogP) is 3.48. The van der Waals surface area contributed by atoms with Gasteiger partial charge < -0.3 is 4.90 Å². The van der Waals surface area contributed by atoms with Crippen molar-refractivity contribution in [2.75, 3.05) is 11.9 Å². The Morgan fingerprint density at radius 2 is 2.08 bits per heavy atom. The van der Waals surface area contributed by atoms with Gasteiger partial charge in [0, 0.05) is 12.1 Å². The van der Waals surface area contributed by atoms with Crippen molar-refractivity contribution >= 4 is 46.8 Å². The van der Waals surface area contributed by atoms with Crippen LogP contribution in [0.25, 0.3) is 0 Å². The van der Waals surface area contributed by atoms with Crippen LogP contribution < -0.4 is 4.90 Å². The zero-order valence-electron chi connectivity index (χ0n) is 6.79. The number of hydrogen-bond acceptors (Lipinski definition) is 1. The van der Waals surface area contributed by atoms with Gasteiger partial charge in [0.25, 0.3) is 5.24 Å². The third kappa shape index (κ3) is 2.53. The number of hydrogen-bond donors (Lipinski definition) is 1. The molecule has 1 amide bonds.